The number of anilines is 2. The lowest BCUT2D eigenvalue weighted by Gasteiger charge is -2.09. The van der Waals surface area contributed by atoms with Crippen molar-refractivity contribution in [3.63, 3.8) is 0 Å². The number of benzene rings is 1. The fraction of sp³-hybridized carbons (Fsp3) is 0.133. The summed E-state index contributed by atoms with van der Waals surface area (Å²) in [7, 11) is 0. The summed E-state index contributed by atoms with van der Waals surface area (Å²) >= 11 is 0. The number of nitrogen functional groups attached to an aromatic ring is 1. The van der Waals surface area contributed by atoms with Crippen LogP contribution in [0.4, 0.5) is 17.5 Å². The number of nitro groups is 1. The van der Waals surface area contributed by atoms with Crippen molar-refractivity contribution in [1.82, 2.24) is 19.5 Å². The van der Waals surface area contributed by atoms with Gasteiger partial charge in [0.1, 0.15) is 12.0 Å². The van der Waals surface area contributed by atoms with Gasteiger partial charge in [-0.2, -0.15) is 4.98 Å². The highest BCUT2D eigenvalue weighted by atomic mass is 16.6. The smallest absolute Gasteiger partial charge is 0.329 e. The first kappa shape index (κ1) is 15.4. The van der Waals surface area contributed by atoms with Crippen molar-refractivity contribution in [2.75, 3.05) is 11.1 Å². The van der Waals surface area contributed by atoms with E-state index in [9.17, 15) is 10.1 Å². The second-order valence-corrected chi connectivity index (χ2v) is 5.03. The Kier molecular flexibility index (Phi) is 4.32. The average molecular weight is 325 g/mol. The molecule has 0 aliphatic carbocycles. The summed E-state index contributed by atoms with van der Waals surface area (Å²) in [6.07, 6.45) is 4.68. The molecular weight excluding hydrogens is 310 g/mol. The first-order valence-corrected chi connectivity index (χ1v) is 7.18. The van der Waals surface area contributed by atoms with Crippen molar-refractivity contribution in [2.45, 2.75) is 13.1 Å². The summed E-state index contributed by atoms with van der Waals surface area (Å²) in [6.45, 7) is 1.07. The molecule has 1 aromatic carbocycles. The minimum absolute atomic E-state index is 0.176. The summed E-state index contributed by atoms with van der Waals surface area (Å²) < 4.78 is 2.00. The third-order valence-corrected chi connectivity index (χ3v) is 3.40. The number of rotatable bonds is 6. The maximum Gasteiger partial charge on any atom is 0.329 e. The topological polar surface area (TPSA) is 125 Å². The first-order chi connectivity index (χ1) is 11.6. The Hall–Kier alpha value is -3.49. The molecular formula is C15H15N7O2. The summed E-state index contributed by atoms with van der Waals surface area (Å²) in [5.41, 5.74) is 6.40. The minimum atomic E-state index is -0.619. The summed E-state index contributed by atoms with van der Waals surface area (Å²) in [6, 6.07) is 10.0. The average Bonchev–Trinajstić information content (AvgIpc) is 3.00. The van der Waals surface area contributed by atoms with Gasteiger partial charge in [0.25, 0.3) is 0 Å². The first-order valence-electron chi connectivity index (χ1n) is 7.18. The van der Waals surface area contributed by atoms with Gasteiger partial charge in [-0.1, -0.05) is 30.3 Å². The fourth-order valence-corrected chi connectivity index (χ4v) is 2.20. The van der Waals surface area contributed by atoms with Crippen LogP contribution in [-0.4, -0.2) is 24.4 Å². The number of nitrogens with one attached hydrogen (secondary N) is 1. The molecule has 0 saturated heterocycles. The number of aromatic nitrogens is 4. The van der Waals surface area contributed by atoms with Gasteiger partial charge in [-0.3, -0.25) is 10.1 Å². The summed E-state index contributed by atoms with van der Waals surface area (Å²) in [5, 5.41) is 13.7. The highest BCUT2D eigenvalue weighted by Crippen LogP contribution is 2.18. The third-order valence-electron chi connectivity index (χ3n) is 3.40. The quantitative estimate of drug-likeness (QED) is 0.523. The second kappa shape index (κ2) is 6.73. The normalized spacial score (nSPS) is 10.5. The third kappa shape index (κ3) is 3.46. The molecule has 0 aliphatic rings. The zero-order chi connectivity index (χ0) is 16.9. The standard InChI is InChI=1S/C15H15N7O2/c16-14-12(22(23)24)8-18-15(20-14)19-9-13-17-6-7-21(13)10-11-4-2-1-3-5-11/h1-8H,9-10H2,(H3,16,18,19,20). The van der Waals surface area contributed by atoms with E-state index >= 15 is 0 Å². The van der Waals surface area contributed by atoms with Gasteiger partial charge < -0.3 is 15.6 Å². The fourth-order valence-electron chi connectivity index (χ4n) is 2.20. The molecule has 9 nitrogen and oxygen atoms in total. The number of hydrogen-bond donors (Lipinski definition) is 2. The molecule has 0 spiro atoms. The van der Waals surface area contributed by atoms with Crippen molar-refractivity contribution < 1.29 is 4.92 Å². The van der Waals surface area contributed by atoms with Crippen LogP contribution in [0.1, 0.15) is 11.4 Å². The molecule has 2 aromatic heterocycles. The lowest BCUT2D eigenvalue weighted by molar-refractivity contribution is -0.384. The molecule has 0 bridgehead atoms. The van der Waals surface area contributed by atoms with Gasteiger partial charge in [-0.25, -0.2) is 9.97 Å². The van der Waals surface area contributed by atoms with Crippen LogP contribution in [0.15, 0.2) is 48.9 Å². The van der Waals surface area contributed by atoms with Gasteiger partial charge in [0.2, 0.25) is 11.8 Å². The number of nitrogens with zero attached hydrogens (tertiary/aromatic N) is 5. The molecule has 2 heterocycles. The Morgan fingerprint density at radius 3 is 2.75 bits per heavy atom. The van der Waals surface area contributed by atoms with Gasteiger partial charge in [0.15, 0.2) is 0 Å². The van der Waals surface area contributed by atoms with Crippen molar-refractivity contribution in [3.8, 4) is 0 Å². The van der Waals surface area contributed by atoms with Crippen molar-refractivity contribution in [3.05, 3.63) is 70.4 Å². The van der Waals surface area contributed by atoms with Gasteiger partial charge >= 0.3 is 5.69 Å². The van der Waals surface area contributed by atoms with Crippen LogP contribution in [0.5, 0.6) is 0 Å². The molecule has 0 radical (unpaired) electrons. The van der Waals surface area contributed by atoms with Gasteiger partial charge in [0, 0.05) is 18.9 Å². The van der Waals surface area contributed by atoms with E-state index in [-0.39, 0.29) is 17.5 Å². The Morgan fingerprint density at radius 2 is 2.04 bits per heavy atom. The lowest BCUT2D eigenvalue weighted by Crippen LogP contribution is -2.11. The predicted octanol–water partition coefficient (Wildman–Crippen LogP) is 1.82. The maximum atomic E-state index is 10.7. The highest BCUT2D eigenvalue weighted by molar-refractivity contribution is 5.53. The molecule has 122 valence electrons. The number of hydrogen-bond acceptors (Lipinski definition) is 7. The lowest BCUT2D eigenvalue weighted by atomic mass is 10.2. The van der Waals surface area contributed by atoms with Crippen molar-refractivity contribution in [1.29, 1.82) is 0 Å². The number of imidazole rings is 1. The Balaban J connectivity index is 1.68. The SMILES string of the molecule is Nc1nc(NCc2nccn2Cc2ccccc2)ncc1[N+](=O)[O-]. The van der Waals surface area contributed by atoms with E-state index in [4.69, 9.17) is 5.73 Å². The highest BCUT2D eigenvalue weighted by Gasteiger charge is 2.14. The summed E-state index contributed by atoms with van der Waals surface area (Å²) in [5.74, 6) is 0.830. The van der Waals surface area contributed by atoms with E-state index in [0.29, 0.717) is 13.1 Å². The monoisotopic (exact) mass is 325 g/mol. The van der Waals surface area contributed by atoms with Crippen molar-refractivity contribution >= 4 is 17.5 Å². The van der Waals surface area contributed by atoms with Gasteiger partial charge in [-0.15, -0.1) is 0 Å². The van der Waals surface area contributed by atoms with Crippen LogP contribution in [-0.2, 0) is 13.1 Å². The Labute approximate surface area is 137 Å². The van der Waals surface area contributed by atoms with Crippen LogP contribution < -0.4 is 11.1 Å². The molecule has 3 rings (SSSR count). The second-order valence-electron chi connectivity index (χ2n) is 5.03. The molecule has 24 heavy (non-hydrogen) atoms. The zero-order valence-electron chi connectivity index (χ0n) is 12.7. The zero-order valence-corrected chi connectivity index (χ0v) is 12.7. The van der Waals surface area contributed by atoms with Gasteiger partial charge in [-0.05, 0) is 5.56 Å². The molecule has 9 heteroatoms. The molecule has 0 amide bonds. The van der Waals surface area contributed by atoms with Crippen LogP contribution >= 0.6 is 0 Å². The van der Waals surface area contributed by atoms with Crippen molar-refractivity contribution in [2.24, 2.45) is 0 Å². The van der Waals surface area contributed by atoms with E-state index in [1.807, 2.05) is 41.1 Å². The summed E-state index contributed by atoms with van der Waals surface area (Å²) in [4.78, 5) is 22.2. The van der Waals surface area contributed by atoms with E-state index < -0.39 is 4.92 Å². The largest absolute Gasteiger partial charge is 0.378 e. The van der Waals surface area contributed by atoms with E-state index in [0.717, 1.165) is 17.6 Å². The molecule has 0 saturated carbocycles. The van der Waals surface area contributed by atoms with E-state index in [1.165, 1.54) is 0 Å². The Bertz CT molecular complexity index is 848. The van der Waals surface area contributed by atoms with Crippen LogP contribution in [0.3, 0.4) is 0 Å². The minimum Gasteiger partial charge on any atom is -0.378 e. The molecule has 0 fully saturated rings. The van der Waals surface area contributed by atoms with Crippen LogP contribution in [0.25, 0.3) is 0 Å². The molecule has 0 aliphatic heterocycles. The predicted molar refractivity (Wildman–Crippen MR) is 88.2 cm³/mol. The van der Waals surface area contributed by atoms with E-state index in [1.54, 1.807) is 6.20 Å². The van der Waals surface area contributed by atoms with Crippen LogP contribution in [0.2, 0.25) is 0 Å². The van der Waals surface area contributed by atoms with E-state index in [2.05, 4.69) is 20.3 Å². The Morgan fingerprint density at radius 1 is 1.25 bits per heavy atom. The molecule has 0 unspecified atom stereocenters. The molecule has 3 N–H and O–H groups in total. The number of nitrogens with two attached hydrogens (primary N) is 1. The maximum absolute atomic E-state index is 10.7. The molecule has 3 aromatic rings. The molecule has 0 atom stereocenters. The van der Waals surface area contributed by atoms with Crippen LogP contribution in [0, 0.1) is 10.1 Å². The van der Waals surface area contributed by atoms with Gasteiger partial charge in [0.05, 0.1) is 11.5 Å².